The number of benzene rings is 1. The molecule has 0 unspecified atom stereocenters. The first-order valence-corrected chi connectivity index (χ1v) is 8.17. The van der Waals surface area contributed by atoms with Crippen LogP contribution in [0.15, 0.2) is 30.3 Å². The smallest absolute Gasteiger partial charge is 0.349 e. The number of carbonyl (C=O) groups excluding carboxylic acids is 3. The molecular formula is C16H15N3O6S. The Balaban J connectivity index is 1.83. The first-order valence-electron chi connectivity index (χ1n) is 7.35. The van der Waals surface area contributed by atoms with E-state index in [4.69, 9.17) is 4.74 Å². The molecule has 2 rings (SSSR count). The lowest BCUT2D eigenvalue weighted by Crippen LogP contribution is -2.37. The lowest BCUT2D eigenvalue weighted by atomic mass is 10.1. The summed E-state index contributed by atoms with van der Waals surface area (Å²) in [4.78, 5) is 45.1. The summed E-state index contributed by atoms with van der Waals surface area (Å²) >= 11 is 0.635. The Morgan fingerprint density at radius 1 is 1.19 bits per heavy atom. The molecule has 136 valence electrons. The molecule has 26 heavy (non-hydrogen) atoms. The van der Waals surface area contributed by atoms with Crippen LogP contribution in [0, 0.1) is 24.0 Å². The average Bonchev–Trinajstić information content (AvgIpc) is 3.05. The fraction of sp³-hybridized carbons (Fsp3) is 0.188. The first-order chi connectivity index (χ1) is 12.3. The molecule has 0 radical (unpaired) electrons. The summed E-state index contributed by atoms with van der Waals surface area (Å²) < 4.78 is 4.73. The van der Waals surface area contributed by atoms with Gasteiger partial charge in [-0.1, -0.05) is 29.0 Å². The fourth-order valence-electron chi connectivity index (χ4n) is 2.01. The molecule has 0 fully saturated rings. The van der Waals surface area contributed by atoms with Crippen molar-refractivity contribution in [2.45, 2.75) is 13.8 Å². The second kappa shape index (κ2) is 8.21. The summed E-state index contributed by atoms with van der Waals surface area (Å²) in [5, 5.41) is 14.9. The third-order valence-electron chi connectivity index (χ3n) is 3.19. The molecule has 0 bridgehead atoms. The van der Waals surface area contributed by atoms with E-state index in [1.54, 1.807) is 6.07 Å². The number of nitrogens with zero attached hydrogens (tertiary/aromatic N) is 1. The number of amides is 3. The normalized spacial score (nSPS) is 10.1. The third kappa shape index (κ3) is 5.11. The van der Waals surface area contributed by atoms with Crippen molar-refractivity contribution in [2.75, 3.05) is 11.9 Å². The molecule has 1 aromatic heterocycles. The highest BCUT2D eigenvalue weighted by Crippen LogP contribution is 2.24. The van der Waals surface area contributed by atoms with Crippen molar-refractivity contribution in [3.63, 3.8) is 0 Å². The molecule has 0 aliphatic rings. The first kappa shape index (κ1) is 19.1. The van der Waals surface area contributed by atoms with E-state index in [0.29, 0.717) is 17.0 Å². The summed E-state index contributed by atoms with van der Waals surface area (Å²) in [6, 6.07) is 7.03. The molecule has 2 aromatic rings. The monoisotopic (exact) mass is 377 g/mol. The minimum atomic E-state index is -0.881. The van der Waals surface area contributed by atoms with E-state index in [2.05, 4.69) is 5.32 Å². The van der Waals surface area contributed by atoms with Gasteiger partial charge in [-0.15, -0.1) is 0 Å². The minimum absolute atomic E-state index is 0.00997. The third-order valence-corrected chi connectivity index (χ3v) is 4.21. The van der Waals surface area contributed by atoms with Crippen LogP contribution in [0.3, 0.4) is 0 Å². The van der Waals surface area contributed by atoms with Crippen LogP contribution in [0.2, 0.25) is 0 Å². The number of hydrogen-bond donors (Lipinski definition) is 2. The van der Waals surface area contributed by atoms with Gasteiger partial charge in [-0.2, -0.15) is 0 Å². The van der Waals surface area contributed by atoms with Crippen molar-refractivity contribution in [1.29, 1.82) is 0 Å². The van der Waals surface area contributed by atoms with Crippen molar-refractivity contribution in [1.82, 2.24) is 5.32 Å². The summed E-state index contributed by atoms with van der Waals surface area (Å²) in [5.41, 5.74) is 2.41. The molecular weight excluding hydrogens is 362 g/mol. The van der Waals surface area contributed by atoms with Crippen LogP contribution in [0.4, 0.5) is 15.5 Å². The molecule has 1 heterocycles. The number of urea groups is 1. The summed E-state index contributed by atoms with van der Waals surface area (Å²) in [6.45, 7) is 3.04. The van der Waals surface area contributed by atoms with Gasteiger partial charge >= 0.3 is 17.0 Å². The molecule has 0 spiro atoms. The number of nitrogens with one attached hydrogen (secondary N) is 2. The fourth-order valence-corrected chi connectivity index (χ4v) is 2.72. The Morgan fingerprint density at radius 3 is 2.54 bits per heavy atom. The lowest BCUT2D eigenvalue weighted by Gasteiger charge is -2.10. The molecule has 0 saturated heterocycles. The van der Waals surface area contributed by atoms with Gasteiger partial charge in [0.1, 0.15) is 4.88 Å². The standard InChI is InChI=1S/C16H15N3O6S/c1-9-3-4-11(10(2)7-9)17-16(22)18-13(20)8-25-15(21)12-5-6-14(26-12)19(23)24/h3-7H,8H2,1-2H3,(H2,17,18,20,22). The van der Waals surface area contributed by atoms with Gasteiger partial charge in [0.25, 0.3) is 5.91 Å². The highest BCUT2D eigenvalue weighted by atomic mass is 32.1. The number of hydrogen-bond acceptors (Lipinski definition) is 7. The minimum Gasteiger partial charge on any atom is -0.451 e. The Kier molecular flexibility index (Phi) is 6.02. The maximum Gasteiger partial charge on any atom is 0.349 e. The largest absolute Gasteiger partial charge is 0.451 e. The molecule has 0 atom stereocenters. The molecule has 3 amide bonds. The number of anilines is 1. The number of aryl methyl sites for hydroxylation is 2. The number of rotatable bonds is 5. The van der Waals surface area contributed by atoms with E-state index in [1.807, 2.05) is 31.3 Å². The Labute approximate surface area is 152 Å². The van der Waals surface area contributed by atoms with Gasteiger partial charge in [-0.05, 0) is 31.5 Å². The van der Waals surface area contributed by atoms with Crippen molar-refractivity contribution < 1.29 is 24.0 Å². The number of ether oxygens (including phenoxy) is 1. The number of thiophene rings is 1. The van der Waals surface area contributed by atoms with Crippen LogP contribution in [0.5, 0.6) is 0 Å². The van der Waals surface area contributed by atoms with Gasteiger partial charge < -0.3 is 10.1 Å². The summed E-state index contributed by atoms with van der Waals surface area (Å²) in [5.74, 6) is -1.71. The quantitative estimate of drug-likeness (QED) is 0.468. The van der Waals surface area contributed by atoms with E-state index >= 15 is 0 Å². The molecule has 0 aliphatic carbocycles. The van der Waals surface area contributed by atoms with Crippen molar-refractivity contribution in [2.24, 2.45) is 0 Å². The molecule has 0 aliphatic heterocycles. The zero-order valence-electron chi connectivity index (χ0n) is 13.9. The Morgan fingerprint density at radius 2 is 1.92 bits per heavy atom. The maximum atomic E-state index is 11.8. The average molecular weight is 377 g/mol. The van der Waals surface area contributed by atoms with Crippen LogP contribution < -0.4 is 10.6 Å². The molecule has 9 nitrogen and oxygen atoms in total. The van der Waals surface area contributed by atoms with Crippen molar-refractivity contribution in [3.8, 4) is 0 Å². The zero-order valence-corrected chi connectivity index (χ0v) is 14.7. The topological polar surface area (TPSA) is 128 Å². The molecule has 2 N–H and O–H groups in total. The van der Waals surface area contributed by atoms with Gasteiger partial charge in [-0.25, -0.2) is 9.59 Å². The van der Waals surface area contributed by atoms with Gasteiger partial charge in [0.15, 0.2) is 6.61 Å². The van der Waals surface area contributed by atoms with Crippen LogP contribution >= 0.6 is 11.3 Å². The van der Waals surface area contributed by atoms with Crippen LogP contribution in [-0.4, -0.2) is 29.4 Å². The second-order valence-electron chi connectivity index (χ2n) is 5.29. The second-order valence-corrected chi connectivity index (χ2v) is 6.35. The van der Waals surface area contributed by atoms with Crippen LogP contribution in [0.25, 0.3) is 0 Å². The highest BCUT2D eigenvalue weighted by molar-refractivity contribution is 7.17. The predicted octanol–water partition coefficient (Wildman–Crippen LogP) is 2.78. The number of imide groups is 1. The predicted molar refractivity (Wildman–Crippen MR) is 94.3 cm³/mol. The molecule has 0 saturated carbocycles. The van der Waals surface area contributed by atoms with E-state index in [-0.39, 0.29) is 9.88 Å². The van der Waals surface area contributed by atoms with E-state index in [9.17, 15) is 24.5 Å². The Hall–Kier alpha value is -3.27. The van der Waals surface area contributed by atoms with Crippen LogP contribution in [-0.2, 0) is 9.53 Å². The van der Waals surface area contributed by atoms with Gasteiger partial charge in [0, 0.05) is 11.8 Å². The summed E-state index contributed by atoms with van der Waals surface area (Å²) in [7, 11) is 0. The van der Waals surface area contributed by atoms with E-state index in [1.165, 1.54) is 12.1 Å². The van der Waals surface area contributed by atoms with E-state index in [0.717, 1.165) is 11.1 Å². The van der Waals surface area contributed by atoms with Crippen molar-refractivity contribution >= 4 is 39.9 Å². The summed E-state index contributed by atoms with van der Waals surface area (Å²) in [6.07, 6.45) is 0. The van der Waals surface area contributed by atoms with Crippen LogP contribution in [0.1, 0.15) is 20.8 Å². The molecule has 10 heteroatoms. The highest BCUT2D eigenvalue weighted by Gasteiger charge is 2.18. The zero-order chi connectivity index (χ0) is 19.3. The maximum absolute atomic E-state index is 11.8. The Bertz CT molecular complexity index is 877. The van der Waals surface area contributed by atoms with E-state index < -0.39 is 29.4 Å². The number of nitro groups is 1. The van der Waals surface area contributed by atoms with Crippen molar-refractivity contribution in [3.05, 3.63) is 56.5 Å². The number of esters is 1. The van der Waals surface area contributed by atoms with Gasteiger partial charge in [-0.3, -0.25) is 20.2 Å². The number of carbonyl (C=O) groups is 3. The molecule has 1 aromatic carbocycles. The SMILES string of the molecule is Cc1ccc(NC(=O)NC(=O)COC(=O)c2ccc([N+](=O)[O-])s2)c(C)c1. The van der Waals surface area contributed by atoms with Gasteiger partial charge in [0.05, 0.1) is 4.92 Å². The van der Waals surface area contributed by atoms with Gasteiger partial charge in [0.2, 0.25) is 0 Å². The lowest BCUT2D eigenvalue weighted by molar-refractivity contribution is -0.380.